The first-order valence-corrected chi connectivity index (χ1v) is 9.27. The molecule has 1 aliphatic heterocycles. The van der Waals surface area contributed by atoms with E-state index in [9.17, 15) is 0 Å². The van der Waals surface area contributed by atoms with E-state index in [-0.39, 0.29) is 0 Å². The van der Waals surface area contributed by atoms with Gasteiger partial charge in [-0.1, -0.05) is 36.4 Å². The van der Waals surface area contributed by atoms with Gasteiger partial charge in [-0.05, 0) is 41.3 Å². The molecular formula is C25H20NO2+. The third kappa shape index (κ3) is 2.48. The molecule has 0 saturated heterocycles. The number of hydrogen-bond donors (Lipinski definition) is 0. The number of para-hydroxylation sites is 1. The molecule has 136 valence electrons. The van der Waals surface area contributed by atoms with Crippen molar-refractivity contribution in [2.75, 3.05) is 14.2 Å². The number of aromatic nitrogens is 1. The van der Waals surface area contributed by atoms with Gasteiger partial charge >= 0.3 is 0 Å². The van der Waals surface area contributed by atoms with Crippen molar-refractivity contribution in [1.29, 1.82) is 0 Å². The van der Waals surface area contributed by atoms with E-state index in [1.165, 1.54) is 33.3 Å². The monoisotopic (exact) mass is 366 g/mol. The molecule has 0 bridgehead atoms. The predicted molar refractivity (Wildman–Crippen MR) is 112 cm³/mol. The van der Waals surface area contributed by atoms with Crippen molar-refractivity contribution in [3.63, 3.8) is 0 Å². The second-order valence-corrected chi connectivity index (χ2v) is 6.81. The minimum absolute atomic E-state index is 0.730. The highest BCUT2D eigenvalue weighted by Crippen LogP contribution is 2.37. The molecule has 3 heteroatoms. The summed E-state index contributed by atoms with van der Waals surface area (Å²) in [4.78, 5) is 0. The van der Waals surface area contributed by atoms with E-state index < -0.39 is 0 Å². The lowest BCUT2D eigenvalue weighted by Gasteiger charge is -2.08. The molecule has 0 aliphatic carbocycles. The molecule has 3 nitrogen and oxygen atoms in total. The summed E-state index contributed by atoms with van der Waals surface area (Å²) in [5, 5.41) is 2.48. The van der Waals surface area contributed by atoms with Crippen LogP contribution >= 0.6 is 0 Å². The van der Waals surface area contributed by atoms with E-state index in [2.05, 4.69) is 77.5 Å². The van der Waals surface area contributed by atoms with Gasteiger partial charge in [-0.15, -0.1) is 0 Å². The van der Waals surface area contributed by atoms with Crippen molar-refractivity contribution in [3.8, 4) is 17.2 Å². The molecule has 0 atom stereocenters. The van der Waals surface area contributed by atoms with Gasteiger partial charge in [0.05, 0.1) is 30.7 Å². The molecule has 5 rings (SSSR count). The Bertz CT molecular complexity index is 1240. The Hall–Kier alpha value is -3.59. The lowest BCUT2D eigenvalue weighted by atomic mass is 9.98. The molecule has 28 heavy (non-hydrogen) atoms. The average Bonchev–Trinajstić information content (AvgIpc) is 3.08. The maximum absolute atomic E-state index is 5.49. The van der Waals surface area contributed by atoms with Crippen molar-refractivity contribution in [2.45, 2.75) is 0 Å². The van der Waals surface area contributed by atoms with Crippen LogP contribution in [0.3, 0.4) is 0 Å². The minimum atomic E-state index is 0.730. The number of rotatable bonds is 3. The fraction of sp³-hybridized carbons (Fsp3) is 0.0800. The van der Waals surface area contributed by atoms with Crippen LogP contribution in [-0.4, -0.2) is 14.2 Å². The van der Waals surface area contributed by atoms with Crippen LogP contribution in [0.1, 0.15) is 16.8 Å². The maximum Gasteiger partial charge on any atom is 0.227 e. The quantitative estimate of drug-likeness (QED) is 0.418. The van der Waals surface area contributed by atoms with E-state index in [1.54, 1.807) is 14.2 Å². The fourth-order valence-electron chi connectivity index (χ4n) is 3.99. The van der Waals surface area contributed by atoms with Gasteiger partial charge in [-0.2, -0.15) is 4.57 Å². The number of benzene rings is 3. The molecule has 2 heterocycles. The van der Waals surface area contributed by atoms with E-state index in [0.29, 0.717) is 0 Å². The summed E-state index contributed by atoms with van der Waals surface area (Å²) in [6.45, 7) is 0. The summed E-state index contributed by atoms with van der Waals surface area (Å²) in [5.74, 6) is 1.46. The average molecular weight is 366 g/mol. The molecule has 0 radical (unpaired) electrons. The van der Waals surface area contributed by atoms with Gasteiger partial charge in [-0.3, -0.25) is 0 Å². The molecule has 4 aromatic rings. The highest BCUT2D eigenvalue weighted by molar-refractivity contribution is 6.02. The number of nitrogens with zero attached hydrogens (tertiary/aromatic N) is 1. The smallest absolute Gasteiger partial charge is 0.227 e. The largest absolute Gasteiger partial charge is 0.493 e. The van der Waals surface area contributed by atoms with Crippen LogP contribution in [0.4, 0.5) is 0 Å². The van der Waals surface area contributed by atoms with Crippen LogP contribution < -0.4 is 14.0 Å². The van der Waals surface area contributed by atoms with Gasteiger partial charge in [0.2, 0.25) is 11.4 Å². The van der Waals surface area contributed by atoms with Crippen LogP contribution in [0, 0.1) is 0 Å². The minimum Gasteiger partial charge on any atom is -0.493 e. The van der Waals surface area contributed by atoms with E-state index >= 15 is 0 Å². The lowest BCUT2D eigenvalue weighted by Crippen LogP contribution is -2.30. The van der Waals surface area contributed by atoms with Crippen LogP contribution in [0.5, 0.6) is 11.5 Å². The number of fused-ring (bicyclic) bond motifs is 5. The zero-order chi connectivity index (χ0) is 19.1. The Morgan fingerprint density at radius 2 is 1.57 bits per heavy atom. The molecular weight excluding hydrogens is 346 g/mol. The first-order valence-electron chi connectivity index (χ1n) is 9.27. The van der Waals surface area contributed by atoms with Gasteiger partial charge in [0.15, 0.2) is 17.7 Å². The summed E-state index contributed by atoms with van der Waals surface area (Å²) >= 11 is 0. The summed E-state index contributed by atoms with van der Waals surface area (Å²) in [5.41, 5.74) is 5.93. The van der Waals surface area contributed by atoms with Crippen molar-refractivity contribution >= 4 is 22.4 Å². The summed E-state index contributed by atoms with van der Waals surface area (Å²) in [7, 11) is 3.32. The Labute approximate surface area is 164 Å². The highest BCUT2D eigenvalue weighted by Gasteiger charge is 2.33. The number of pyridine rings is 1. The predicted octanol–water partition coefficient (Wildman–Crippen LogP) is 5.04. The molecule has 0 fully saturated rings. The fourth-order valence-corrected chi connectivity index (χ4v) is 3.99. The van der Waals surface area contributed by atoms with Crippen molar-refractivity contribution in [3.05, 3.63) is 95.8 Å². The van der Waals surface area contributed by atoms with Crippen molar-refractivity contribution < 1.29 is 14.0 Å². The summed E-state index contributed by atoms with van der Waals surface area (Å²) in [6.07, 6.45) is 4.39. The molecule has 0 unspecified atom stereocenters. The van der Waals surface area contributed by atoms with Crippen LogP contribution in [0.2, 0.25) is 0 Å². The van der Waals surface area contributed by atoms with Crippen molar-refractivity contribution in [2.24, 2.45) is 0 Å². The van der Waals surface area contributed by atoms with E-state index in [4.69, 9.17) is 9.47 Å². The number of ether oxygens (including phenoxy) is 2. The maximum atomic E-state index is 5.49. The van der Waals surface area contributed by atoms with Gasteiger partial charge in [0.1, 0.15) is 0 Å². The van der Waals surface area contributed by atoms with Crippen LogP contribution in [0.15, 0.2) is 79.0 Å². The third-order valence-electron chi connectivity index (χ3n) is 5.29. The highest BCUT2D eigenvalue weighted by atomic mass is 16.5. The molecule has 0 N–H and O–H groups in total. The second-order valence-electron chi connectivity index (χ2n) is 6.81. The zero-order valence-electron chi connectivity index (χ0n) is 15.8. The van der Waals surface area contributed by atoms with Gasteiger partial charge in [-0.25, -0.2) is 0 Å². The van der Waals surface area contributed by atoms with Crippen LogP contribution in [0.25, 0.3) is 28.1 Å². The Kier molecular flexibility index (Phi) is 3.87. The van der Waals surface area contributed by atoms with Gasteiger partial charge < -0.3 is 9.47 Å². The number of hydrogen-bond acceptors (Lipinski definition) is 2. The molecule has 0 saturated carbocycles. The van der Waals surface area contributed by atoms with Crippen molar-refractivity contribution in [1.82, 2.24) is 0 Å². The van der Waals surface area contributed by atoms with Gasteiger partial charge in [0.25, 0.3) is 0 Å². The molecule has 0 amide bonds. The first kappa shape index (κ1) is 16.6. The SMILES string of the molecule is COc1ccc(C=C2c3ccccc3-[n+]3ccc4ccccc4c32)cc1OC. The normalized spacial score (nSPS) is 13.4. The third-order valence-corrected chi connectivity index (χ3v) is 5.29. The molecule has 3 aromatic carbocycles. The summed E-state index contributed by atoms with van der Waals surface area (Å²) in [6, 6.07) is 25.3. The van der Waals surface area contributed by atoms with E-state index in [0.717, 1.165) is 17.1 Å². The second kappa shape index (κ2) is 6.54. The molecule has 1 aliphatic rings. The Morgan fingerprint density at radius 1 is 0.786 bits per heavy atom. The van der Waals surface area contributed by atoms with Gasteiger partial charge in [0, 0.05) is 12.1 Å². The lowest BCUT2D eigenvalue weighted by molar-refractivity contribution is -0.592. The molecule has 1 aromatic heterocycles. The molecule has 0 spiro atoms. The van der Waals surface area contributed by atoms with E-state index in [1.807, 2.05) is 12.1 Å². The van der Waals surface area contributed by atoms with Crippen LogP contribution in [-0.2, 0) is 0 Å². The number of methoxy groups -OCH3 is 2. The Morgan fingerprint density at radius 3 is 2.43 bits per heavy atom. The standard InChI is InChI=1S/C25H20NO2/c1-27-23-12-11-17(16-24(23)28-2)15-21-20-9-5-6-10-22(20)26-14-13-18-7-3-4-8-19(18)25(21)26/h3-16H,1-2H3/q+1. The first-order chi connectivity index (χ1) is 13.8. The summed E-state index contributed by atoms with van der Waals surface area (Å²) < 4.78 is 13.2. The zero-order valence-corrected chi connectivity index (χ0v) is 15.8. The topological polar surface area (TPSA) is 22.3 Å². The Balaban J connectivity index is 1.79.